The van der Waals surface area contributed by atoms with Gasteiger partial charge in [0.2, 0.25) is 5.91 Å². The van der Waals surface area contributed by atoms with E-state index in [2.05, 4.69) is 15.0 Å². The molecular formula is C8H11N5OS. The Morgan fingerprint density at radius 3 is 3.07 bits per heavy atom. The van der Waals surface area contributed by atoms with Crippen LogP contribution in [0.2, 0.25) is 0 Å². The highest BCUT2D eigenvalue weighted by atomic mass is 32.1. The molecule has 0 aromatic carbocycles. The molecule has 4 N–H and O–H groups in total. The van der Waals surface area contributed by atoms with Gasteiger partial charge in [-0.1, -0.05) is 0 Å². The van der Waals surface area contributed by atoms with Gasteiger partial charge >= 0.3 is 0 Å². The third-order valence-corrected chi connectivity index (χ3v) is 2.43. The summed E-state index contributed by atoms with van der Waals surface area (Å²) in [6, 6.07) is 1.93. The highest BCUT2D eigenvalue weighted by Gasteiger charge is 2.11. The molecule has 1 aromatic rings. The van der Waals surface area contributed by atoms with Crippen LogP contribution in [-0.2, 0) is 4.79 Å². The van der Waals surface area contributed by atoms with Crippen LogP contribution in [0.3, 0.4) is 0 Å². The maximum atomic E-state index is 11.1. The summed E-state index contributed by atoms with van der Waals surface area (Å²) in [6.07, 6.45) is 0. The lowest BCUT2D eigenvalue weighted by molar-refractivity contribution is -0.119. The Kier molecular flexibility index (Phi) is 3.88. The summed E-state index contributed by atoms with van der Waals surface area (Å²) in [5.41, 5.74) is 5.75. The van der Waals surface area contributed by atoms with E-state index in [9.17, 15) is 4.79 Å². The molecule has 0 unspecified atom stereocenters. The molecule has 7 heteroatoms. The van der Waals surface area contributed by atoms with Gasteiger partial charge in [0.15, 0.2) is 5.82 Å². The Labute approximate surface area is 91.3 Å². The number of likely N-dealkylation sites (N-methyl/N-ethyl adjacent to an activating group) is 1. The van der Waals surface area contributed by atoms with Gasteiger partial charge in [0.1, 0.15) is 16.6 Å². The lowest BCUT2D eigenvalue weighted by Crippen LogP contribution is -2.29. The number of nitrogen functional groups attached to an aromatic ring is 1. The summed E-state index contributed by atoms with van der Waals surface area (Å²) >= 11 is 1.07. The largest absolute Gasteiger partial charge is 0.382 e. The number of rotatable bonds is 4. The first-order valence-corrected chi connectivity index (χ1v) is 5.12. The van der Waals surface area contributed by atoms with Crippen molar-refractivity contribution in [2.45, 2.75) is 6.92 Å². The number of hydrogen-bond donors (Lipinski definition) is 3. The summed E-state index contributed by atoms with van der Waals surface area (Å²) in [7, 11) is 0. The van der Waals surface area contributed by atoms with E-state index in [0.717, 1.165) is 11.5 Å². The van der Waals surface area contributed by atoms with Crippen LogP contribution in [0, 0.1) is 11.3 Å². The van der Waals surface area contributed by atoms with E-state index in [-0.39, 0.29) is 18.3 Å². The highest BCUT2D eigenvalue weighted by Crippen LogP contribution is 2.24. The van der Waals surface area contributed by atoms with Gasteiger partial charge < -0.3 is 16.4 Å². The van der Waals surface area contributed by atoms with Crippen LogP contribution >= 0.6 is 11.5 Å². The third kappa shape index (κ3) is 2.82. The molecule has 0 saturated carbocycles. The summed E-state index contributed by atoms with van der Waals surface area (Å²) in [4.78, 5) is 11.1. The number of hydrogen-bond acceptors (Lipinski definition) is 6. The van der Waals surface area contributed by atoms with Gasteiger partial charge in [0.25, 0.3) is 0 Å². The van der Waals surface area contributed by atoms with Gasteiger partial charge in [0, 0.05) is 6.54 Å². The minimum atomic E-state index is -0.131. The lowest BCUT2D eigenvalue weighted by Gasteiger charge is -2.03. The monoisotopic (exact) mass is 225 g/mol. The van der Waals surface area contributed by atoms with E-state index in [1.54, 1.807) is 0 Å². The molecule has 6 nitrogen and oxygen atoms in total. The molecular weight excluding hydrogens is 214 g/mol. The van der Waals surface area contributed by atoms with Gasteiger partial charge in [-0.15, -0.1) is 0 Å². The number of amides is 1. The SMILES string of the molecule is CCNC(=O)CNc1snc(N)c1C#N. The van der Waals surface area contributed by atoms with Gasteiger partial charge in [-0.05, 0) is 18.5 Å². The third-order valence-electron chi connectivity index (χ3n) is 1.61. The van der Waals surface area contributed by atoms with Crippen LogP contribution in [0.4, 0.5) is 10.8 Å². The van der Waals surface area contributed by atoms with Crippen LogP contribution in [0.5, 0.6) is 0 Å². The summed E-state index contributed by atoms with van der Waals surface area (Å²) in [5, 5.41) is 14.7. The van der Waals surface area contributed by atoms with E-state index in [1.807, 2.05) is 13.0 Å². The number of aromatic nitrogens is 1. The van der Waals surface area contributed by atoms with Crippen molar-refractivity contribution in [1.29, 1.82) is 5.26 Å². The molecule has 1 amide bonds. The first-order valence-electron chi connectivity index (χ1n) is 4.34. The minimum Gasteiger partial charge on any atom is -0.382 e. The average molecular weight is 225 g/mol. The molecule has 1 heterocycles. The van der Waals surface area contributed by atoms with Gasteiger partial charge in [-0.3, -0.25) is 4.79 Å². The second-order valence-electron chi connectivity index (χ2n) is 2.69. The van der Waals surface area contributed by atoms with Gasteiger partial charge in [-0.25, -0.2) is 0 Å². The van der Waals surface area contributed by atoms with E-state index >= 15 is 0 Å². The normalized spacial score (nSPS) is 9.33. The number of nitriles is 1. The van der Waals surface area contributed by atoms with Crippen LogP contribution in [-0.4, -0.2) is 23.4 Å². The number of nitrogens with one attached hydrogen (secondary N) is 2. The van der Waals surface area contributed by atoms with Crippen LogP contribution in [0.15, 0.2) is 0 Å². The van der Waals surface area contributed by atoms with Crippen molar-refractivity contribution in [2.75, 3.05) is 24.1 Å². The van der Waals surface area contributed by atoms with Crippen LogP contribution < -0.4 is 16.4 Å². The van der Waals surface area contributed by atoms with Crippen molar-refractivity contribution in [1.82, 2.24) is 9.69 Å². The molecule has 0 fully saturated rings. The molecule has 0 saturated heterocycles. The van der Waals surface area contributed by atoms with E-state index in [0.29, 0.717) is 17.1 Å². The van der Waals surface area contributed by atoms with E-state index in [4.69, 9.17) is 11.0 Å². The smallest absolute Gasteiger partial charge is 0.239 e. The second-order valence-corrected chi connectivity index (χ2v) is 3.46. The maximum absolute atomic E-state index is 11.1. The van der Waals surface area contributed by atoms with Crippen molar-refractivity contribution in [3.63, 3.8) is 0 Å². The number of anilines is 2. The molecule has 80 valence electrons. The zero-order valence-electron chi connectivity index (χ0n) is 8.20. The predicted molar refractivity (Wildman–Crippen MR) is 58.4 cm³/mol. The maximum Gasteiger partial charge on any atom is 0.239 e. The van der Waals surface area contributed by atoms with Crippen molar-refractivity contribution < 1.29 is 4.79 Å². The van der Waals surface area contributed by atoms with Crippen molar-refractivity contribution in [2.24, 2.45) is 0 Å². The Balaban J connectivity index is 2.58. The summed E-state index contributed by atoms with van der Waals surface area (Å²) < 4.78 is 3.81. The van der Waals surface area contributed by atoms with Gasteiger partial charge in [-0.2, -0.15) is 9.64 Å². The Hall–Kier alpha value is -1.81. The average Bonchev–Trinajstić information content (AvgIpc) is 2.56. The van der Waals surface area contributed by atoms with Crippen LogP contribution in [0.1, 0.15) is 12.5 Å². The van der Waals surface area contributed by atoms with Crippen molar-refractivity contribution in [3.8, 4) is 6.07 Å². The molecule has 15 heavy (non-hydrogen) atoms. The molecule has 0 spiro atoms. The molecule has 0 aliphatic carbocycles. The first-order chi connectivity index (χ1) is 7.19. The van der Waals surface area contributed by atoms with Crippen LogP contribution in [0.25, 0.3) is 0 Å². The number of carbonyl (C=O) groups is 1. The molecule has 0 atom stereocenters. The summed E-state index contributed by atoms with van der Waals surface area (Å²) in [5.74, 6) is 0.0641. The zero-order valence-corrected chi connectivity index (χ0v) is 9.02. The quantitative estimate of drug-likeness (QED) is 0.676. The molecule has 0 aliphatic rings. The molecule has 0 bridgehead atoms. The Morgan fingerprint density at radius 2 is 2.47 bits per heavy atom. The summed E-state index contributed by atoms with van der Waals surface area (Å²) in [6.45, 7) is 2.53. The molecule has 0 radical (unpaired) electrons. The Morgan fingerprint density at radius 1 is 1.73 bits per heavy atom. The van der Waals surface area contributed by atoms with Crippen molar-refractivity contribution in [3.05, 3.63) is 5.56 Å². The highest BCUT2D eigenvalue weighted by molar-refractivity contribution is 7.10. The molecule has 0 aliphatic heterocycles. The minimum absolute atomic E-state index is 0.115. The van der Waals surface area contributed by atoms with Gasteiger partial charge in [0.05, 0.1) is 6.54 Å². The fourth-order valence-electron chi connectivity index (χ4n) is 0.951. The van der Waals surface area contributed by atoms with E-state index in [1.165, 1.54) is 0 Å². The lowest BCUT2D eigenvalue weighted by atomic mass is 10.3. The standard InChI is InChI=1S/C8H11N5OS/c1-2-11-6(14)4-12-8-5(3-9)7(10)13-15-8/h12H,2,4H2,1H3,(H2,10,13)(H,11,14). The molecule has 1 aromatic heterocycles. The van der Waals surface area contributed by atoms with E-state index < -0.39 is 0 Å². The number of nitrogens with two attached hydrogens (primary N) is 1. The Bertz CT molecular complexity index is 394. The first kappa shape index (κ1) is 11.3. The fraction of sp³-hybridized carbons (Fsp3) is 0.375. The zero-order chi connectivity index (χ0) is 11.3. The number of carbonyl (C=O) groups excluding carboxylic acids is 1. The predicted octanol–water partition coefficient (Wildman–Crippen LogP) is 0.145. The topological polar surface area (TPSA) is 104 Å². The fourth-order valence-corrected chi connectivity index (χ4v) is 1.61. The van der Waals surface area contributed by atoms with Crippen molar-refractivity contribution >= 4 is 28.3 Å². The second kappa shape index (κ2) is 5.17. The number of nitrogens with zero attached hydrogens (tertiary/aromatic N) is 2. The molecule has 1 rings (SSSR count).